The summed E-state index contributed by atoms with van der Waals surface area (Å²) < 4.78 is 17.3. The van der Waals surface area contributed by atoms with Crippen LogP contribution in [0.2, 0.25) is 0 Å². The summed E-state index contributed by atoms with van der Waals surface area (Å²) in [5, 5.41) is 12.5. The van der Waals surface area contributed by atoms with E-state index in [1.807, 2.05) is 6.92 Å². The van der Waals surface area contributed by atoms with Gasteiger partial charge in [0.2, 0.25) is 0 Å². The number of unbranched alkanes of at least 4 members (excludes halogenated alkanes) is 1. The van der Waals surface area contributed by atoms with Crippen LogP contribution in [0, 0.1) is 11.3 Å². The van der Waals surface area contributed by atoms with Crippen molar-refractivity contribution < 1.29 is 19.0 Å². The average molecular weight is 428 g/mol. The van der Waals surface area contributed by atoms with Crippen LogP contribution < -0.4 is 15.6 Å². The molecule has 31 heavy (non-hydrogen) atoms. The first-order chi connectivity index (χ1) is 15.0. The van der Waals surface area contributed by atoms with Crippen LogP contribution in [-0.2, 0) is 14.3 Å². The molecule has 0 radical (unpaired) electrons. The van der Waals surface area contributed by atoms with E-state index < -0.39 is 17.6 Å². The quantitative estimate of drug-likeness (QED) is 0.433. The number of methoxy groups -OCH3 is 2. The molecule has 1 aromatic carbocycles. The zero-order valence-electron chi connectivity index (χ0n) is 18.4. The van der Waals surface area contributed by atoms with E-state index in [0.717, 1.165) is 18.5 Å². The molecule has 0 saturated heterocycles. The summed E-state index contributed by atoms with van der Waals surface area (Å²) in [6, 6.07) is 7.93. The number of hydrogen-bond donors (Lipinski definition) is 1. The van der Waals surface area contributed by atoms with E-state index >= 15 is 0 Å². The number of ether oxygens (including phenoxy) is 3. The normalized spacial score (nSPS) is 11.5. The fourth-order valence-electron chi connectivity index (χ4n) is 3.18. The molecule has 166 valence electrons. The van der Waals surface area contributed by atoms with Gasteiger partial charge in [-0.25, -0.2) is 4.79 Å². The summed E-state index contributed by atoms with van der Waals surface area (Å²) in [4.78, 5) is 25.7. The molecule has 1 unspecified atom stereocenters. The third-order valence-corrected chi connectivity index (χ3v) is 4.93. The van der Waals surface area contributed by atoms with Gasteiger partial charge in [0.1, 0.15) is 11.8 Å². The van der Waals surface area contributed by atoms with E-state index in [0.29, 0.717) is 29.0 Å². The molecule has 0 fully saturated rings. The number of rotatable bonds is 11. The van der Waals surface area contributed by atoms with Crippen LogP contribution in [0.3, 0.4) is 0 Å². The SMILES string of the molecule is CCCCOC(=O)C(CCOC)n1cc(OC)c(-c2cc(NC)ccc2C#N)cc1=O. The Kier molecular flexibility index (Phi) is 9.10. The first kappa shape index (κ1) is 24.0. The van der Waals surface area contributed by atoms with Gasteiger partial charge in [-0.15, -0.1) is 0 Å². The van der Waals surface area contributed by atoms with Crippen molar-refractivity contribution >= 4 is 11.7 Å². The number of esters is 1. The van der Waals surface area contributed by atoms with Gasteiger partial charge in [0.15, 0.2) is 0 Å². The number of anilines is 1. The molecule has 0 amide bonds. The molecule has 8 heteroatoms. The molecule has 0 spiro atoms. The monoisotopic (exact) mass is 427 g/mol. The van der Waals surface area contributed by atoms with Crippen molar-refractivity contribution in [3.63, 3.8) is 0 Å². The molecule has 0 bridgehead atoms. The van der Waals surface area contributed by atoms with Gasteiger partial charge in [0.25, 0.3) is 5.56 Å². The van der Waals surface area contributed by atoms with Crippen molar-refractivity contribution in [1.82, 2.24) is 4.57 Å². The Balaban J connectivity index is 2.55. The van der Waals surface area contributed by atoms with Gasteiger partial charge in [-0.1, -0.05) is 13.3 Å². The number of nitriles is 1. The highest BCUT2D eigenvalue weighted by molar-refractivity contribution is 5.79. The minimum atomic E-state index is -0.841. The van der Waals surface area contributed by atoms with Crippen LogP contribution >= 0.6 is 0 Å². The topological polar surface area (TPSA) is 103 Å². The number of aromatic nitrogens is 1. The molecular formula is C23H29N3O5. The van der Waals surface area contributed by atoms with E-state index in [4.69, 9.17) is 14.2 Å². The predicted molar refractivity (Wildman–Crippen MR) is 118 cm³/mol. The third-order valence-electron chi connectivity index (χ3n) is 4.93. The second kappa shape index (κ2) is 11.8. The van der Waals surface area contributed by atoms with Crippen molar-refractivity contribution in [2.45, 2.75) is 32.2 Å². The zero-order chi connectivity index (χ0) is 22.8. The molecule has 1 atom stereocenters. The number of pyridine rings is 1. The van der Waals surface area contributed by atoms with Crippen molar-refractivity contribution in [2.75, 3.05) is 39.8 Å². The van der Waals surface area contributed by atoms with E-state index in [1.54, 1.807) is 25.2 Å². The highest BCUT2D eigenvalue weighted by Crippen LogP contribution is 2.33. The standard InChI is InChI=1S/C23H29N3O5/c1-5-6-10-31-23(28)20(9-11-29-3)26-15-21(30-4)19(13-22(26)27)18-12-17(25-2)8-7-16(18)14-24/h7-8,12-13,15,20,25H,5-6,9-11H2,1-4H3. The number of nitrogens with zero attached hydrogens (tertiary/aromatic N) is 2. The van der Waals surface area contributed by atoms with Crippen LogP contribution in [0.1, 0.15) is 37.8 Å². The lowest BCUT2D eigenvalue weighted by Gasteiger charge is -2.20. The maximum absolute atomic E-state index is 13.0. The molecule has 0 saturated carbocycles. The van der Waals surface area contributed by atoms with Crippen molar-refractivity contribution in [3.05, 3.63) is 46.4 Å². The Morgan fingerprint density at radius 1 is 1.23 bits per heavy atom. The number of nitrogens with one attached hydrogen (secondary N) is 1. The predicted octanol–water partition coefficient (Wildman–Crippen LogP) is 3.36. The molecule has 0 aliphatic carbocycles. The lowest BCUT2D eigenvalue weighted by Crippen LogP contribution is -2.32. The molecular weight excluding hydrogens is 398 g/mol. The first-order valence-electron chi connectivity index (χ1n) is 10.2. The van der Waals surface area contributed by atoms with E-state index in [2.05, 4.69) is 11.4 Å². The van der Waals surface area contributed by atoms with Crippen LogP contribution in [-0.4, -0.2) is 45.0 Å². The molecule has 2 rings (SSSR count). The summed E-state index contributed by atoms with van der Waals surface area (Å²) in [5.41, 5.74) is 1.84. The molecule has 1 aromatic heterocycles. The Labute approximate surface area is 182 Å². The lowest BCUT2D eigenvalue weighted by molar-refractivity contribution is -0.148. The fourth-order valence-corrected chi connectivity index (χ4v) is 3.18. The van der Waals surface area contributed by atoms with Gasteiger partial charge in [-0.3, -0.25) is 9.36 Å². The van der Waals surface area contributed by atoms with Gasteiger partial charge < -0.3 is 19.5 Å². The molecule has 8 nitrogen and oxygen atoms in total. The molecule has 1 heterocycles. The van der Waals surface area contributed by atoms with Crippen LogP contribution in [0.15, 0.2) is 35.3 Å². The van der Waals surface area contributed by atoms with Gasteiger partial charge >= 0.3 is 5.97 Å². The van der Waals surface area contributed by atoms with Gasteiger partial charge in [0, 0.05) is 50.1 Å². The first-order valence-corrected chi connectivity index (χ1v) is 10.2. The lowest BCUT2D eigenvalue weighted by atomic mass is 9.99. The third kappa shape index (κ3) is 5.86. The highest BCUT2D eigenvalue weighted by Gasteiger charge is 2.25. The summed E-state index contributed by atoms with van der Waals surface area (Å²) in [6.07, 6.45) is 3.42. The number of carbonyl (C=O) groups is 1. The second-order valence-electron chi connectivity index (χ2n) is 6.94. The highest BCUT2D eigenvalue weighted by atomic mass is 16.5. The Morgan fingerprint density at radius 3 is 2.61 bits per heavy atom. The van der Waals surface area contributed by atoms with E-state index in [9.17, 15) is 14.9 Å². The molecule has 0 aliphatic heterocycles. The summed E-state index contributed by atoms with van der Waals surface area (Å²) >= 11 is 0. The fraction of sp³-hybridized carbons (Fsp3) is 0.435. The summed E-state index contributed by atoms with van der Waals surface area (Å²) in [6.45, 7) is 2.58. The largest absolute Gasteiger partial charge is 0.495 e. The number of hydrogen-bond acceptors (Lipinski definition) is 7. The van der Waals surface area contributed by atoms with E-state index in [-0.39, 0.29) is 13.0 Å². The minimum absolute atomic E-state index is 0.280. The van der Waals surface area contributed by atoms with Gasteiger partial charge in [-0.2, -0.15) is 5.26 Å². The second-order valence-corrected chi connectivity index (χ2v) is 6.94. The van der Waals surface area contributed by atoms with Crippen LogP contribution in [0.25, 0.3) is 11.1 Å². The summed E-state index contributed by atoms with van der Waals surface area (Å²) in [7, 11) is 4.78. The smallest absolute Gasteiger partial charge is 0.329 e. The average Bonchev–Trinajstić information content (AvgIpc) is 2.79. The zero-order valence-corrected chi connectivity index (χ0v) is 18.4. The molecule has 0 aliphatic rings. The number of benzene rings is 1. The van der Waals surface area contributed by atoms with Crippen molar-refractivity contribution in [3.8, 4) is 22.9 Å². The number of carbonyl (C=O) groups excluding carboxylic acids is 1. The minimum Gasteiger partial charge on any atom is -0.495 e. The van der Waals surface area contributed by atoms with Crippen LogP contribution in [0.5, 0.6) is 5.75 Å². The van der Waals surface area contributed by atoms with Crippen molar-refractivity contribution in [1.29, 1.82) is 5.26 Å². The Morgan fingerprint density at radius 2 is 2.00 bits per heavy atom. The summed E-state index contributed by atoms with van der Waals surface area (Å²) in [5.74, 6) is -0.120. The van der Waals surface area contributed by atoms with Gasteiger partial charge in [-0.05, 0) is 24.6 Å². The van der Waals surface area contributed by atoms with Crippen molar-refractivity contribution in [2.24, 2.45) is 0 Å². The maximum Gasteiger partial charge on any atom is 0.329 e. The molecule has 1 N–H and O–H groups in total. The maximum atomic E-state index is 13.0. The van der Waals surface area contributed by atoms with Crippen LogP contribution in [0.4, 0.5) is 5.69 Å². The Bertz CT molecular complexity index is 994. The molecule has 2 aromatic rings. The van der Waals surface area contributed by atoms with Gasteiger partial charge in [0.05, 0.1) is 31.5 Å². The van der Waals surface area contributed by atoms with E-state index in [1.165, 1.54) is 31.0 Å². The Hall–Kier alpha value is -3.31.